The van der Waals surface area contributed by atoms with E-state index >= 15 is 0 Å². The summed E-state index contributed by atoms with van der Waals surface area (Å²) in [6, 6.07) is 15.8. The number of rotatable bonds is 7. The number of nitrogens with zero attached hydrogens (tertiary/aromatic N) is 1. The number of nitrogens with two attached hydrogens (primary N) is 1. The molecule has 37 heavy (non-hydrogen) atoms. The number of aryl methyl sites for hydroxylation is 1. The quantitative estimate of drug-likeness (QED) is 0.306. The number of halogens is 1. The van der Waals surface area contributed by atoms with Gasteiger partial charge >= 0.3 is 0 Å². The molecule has 1 atom stereocenters. The number of hydrogen-bond donors (Lipinski definition) is 2. The molecule has 4 nitrogen and oxygen atoms in total. The first-order chi connectivity index (χ1) is 17.5. The van der Waals surface area contributed by atoms with E-state index < -0.39 is 0 Å². The van der Waals surface area contributed by atoms with Gasteiger partial charge in [0, 0.05) is 52.5 Å². The summed E-state index contributed by atoms with van der Waals surface area (Å²) < 4.78 is 3.57. The predicted molar refractivity (Wildman–Crippen MR) is 159 cm³/mol. The number of aromatic nitrogens is 1. The Morgan fingerprint density at radius 1 is 1.05 bits per heavy atom. The zero-order valence-corrected chi connectivity index (χ0v) is 23.1. The molecule has 1 amide bonds. The fourth-order valence-electron chi connectivity index (χ4n) is 6.40. The Labute approximate surface area is 231 Å². The number of nitrogens with one attached hydrogen (secondary N) is 1. The van der Waals surface area contributed by atoms with Gasteiger partial charge in [0.2, 0.25) is 5.91 Å². The van der Waals surface area contributed by atoms with Gasteiger partial charge in [0.15, 0.2) is 0 Å². The fraction of sp³-hybridized carbons (Fsp3) is 0.531. The molecule has 0 spiro atoms. The van der Waals surface area contributed by atoms with Gasteiger partial charge in [-0.3, -0.25) is 4.79 Å². The van der Waals surface area contributed by atoms with Crippen LogP contribution in [-0.4, -0.2) is 22.6 Å². The van der Waals surface area contributed by atoms with Gasteiger partial charge in [0.25, 0.3) is 0 Å². The van der Waals surface area contributed by atoms with Crippen LogP contribution in [0, 0.1) is 12.8 Å². The van der Waals surface area contributed by atoms with Crippen LogP contribution in [0.15, 0.2) is 53.1 Å². The molecule has 0 radical (unpaired) electrons. The highest BCUT2D eigenvalue weighted by Gasteiger charge is 2.26. The van der Waals surface area contributed by atoms with Gasteiger partial charge < -0.3 is 15.6 Å². The normalized spacial score (nSPS) is 21.4. The fourth-order valence-corrected chi connectivity index (χ4v) is 6.75. The van der Waals surface area contributed by atoms with Crippen molar-refractivity contribution in [2.45, 2.75) is 103 Å². The first-order valence-corrected chi connectivity index (χ1v) is 14.7. The van der Waals surface area contributed by atoms with Crippen LogP contribution >= 0.6 is 15.9 Å². The summed E-state index contributed by atoms with van der Waals surface area (Å²) in [5.74, 6) is 0.902. The highest BCUT2D eigenvalue weighted by Crippen LogP contribution is 2.37. The van der Waals surface area contributed by atoms with Crippen molar-refractivity contribution in [3.63, 3.8) is 0 Å². The van der Waals surface area contributed by atoms with Gasteiger partial charge in [-0.05, 0) is 74.6 Å². The number of fused-ring (bicyclic) bond motifs is 1. The van der Waals surface area contributed by atoms with Crippen LogP contribution < -0.4 is 11.1 Å². The first kappa shape index (κ1) is 27.9. The van der Waals surface area contributed by atoms with Crippen molar-refractivity contribution < 1.29 is 4.79 Å². The summed E-state index contributed by atoms with van der Waals surface area (Å²) in [7, 11) is 0. The van der Waals surface area contributed by atoms with E-state index in [1.807, 2.05) is 0 Å². The number of carbonyl (C=O) groups is 1. The molecule has 2 aliphatic rings. The van der Waals surface area contributed by atoms with Crippen molar-refractivity contribution in [1.29, 1.82) is 0 Å². The Bertz CT molecular complexity index is 1190. The maximum atomic E-state index is 13.4. The average Bonchev–Trinajstić information content (AvgIpc) is 3.21. The molecular formula is C32H44BrN3O. The standard InChI is InChI=1S/C31H40BrN3O.CH4/c1-21-6-5-9-23(16-21)28(18-31(36)34-26-13-11-25(33)12-14-26)29-20-35(19-22-7-3-2-4-8-22)30-17-24(32)10-15-27(29)30;/h5-6,9-10,15-17,20,22,25-26,28H,2-4,7-8,11-14,18-19,33H2,1H3,(H,34,36);1H4. The molecule has 5 heteroatoms. The van der Waals surface area contributed by atoms with E-state index in [2.05, 4.69) is 81.4 Å². The van der Waals surface area contributed by atoms with Gasteiger partial charge in [-0.1, -0.05) is 78.5 Å². The third kappa shape index (κ3) is 6.86. The molecule has 0 aliphatic heterocycles. The summed E-state index contributed by atoms with van der Waals surface area (Å²) in [5.41, 5.74) is 11.1. The molecule has 1 heterocycles. The van der Waals surface area contributed by atoms with Crippen LogP contribution in [0.4, 0.5) is 0 Å². The molecule has 1 unspecified atom stereocenters. The minimum Gasteiger partial charge on any atom is -0.353 e. The van der Waals surface area contributed by atoms with Crippen molar-refractivity contribution in [1.82, 2.24) is 9.88 Å². The van der Waals surface area contributed by atoms with Crippen LogP contribution in [0.1, 0.15) is 94.2 Å². The topological polar surface area (TPSA) is 60.1 Å². The largest absolute Gasteiger partial charge is 0.353 e. The molecule has 5 rings (SSSR count). The second-order valence-corrected chi connectivity index (χ2v) is 12.2. The summed E-state index contributed by atoms with van der Waals surface area (Å²) in [6.07, 6.45) is 13.5. The van der Waals surface area contributed by atoms with E-state index in [1.165, 1.54) is 59.7 Å². The van der Waals surface area contributed by atoms with E-state index in [4.69, 9.17) is 5.73 Å². The molecule has 1 aromatic heterocycles. The minimum absolute atomic E-state index is 0. The molecule has 3 N–H and O–H groups in total. The SMILES string of the molecule is C.Cc1cccc(C(CC(=O)NC2CCC(N)CC2)c2cn(CC3CCCCC3)c3cc(Br)ccc23)c1. The van der Waals surface area contributed by atoms with E-state index in [0.29, 0.717) is 6.42 Å². The zero-order chi connectivity index (χ0) is 25.1. The van der Waals surface area contributed by atoms with Crippen molar-refractivity contribution >= 4 is 32.7 Å². The van der Waals surface area contributed by atoms with Crippen LogP contribution in [-0.2, 0) is 11.3 Å². The summed E-state index contributed by atoms with van der Waals surface area (Å²) >= 11 is 3.71. The van der Waals surface area contributed by atoms with Gasteiger partial charge in [-0.25, -0.2) is 0 Å². The molecule has 2 fully saturated rings. The number of amides is 1. The maximum absolute atomic E-state index is 13.4. The van der Waals surface area contributed by atoms with Crippen molar-refractivity contribution in [2.75, 3.05) is 0 Å². The highest BCUT2D eigenvalue weighted by atomic mass is 79.9. The third-order valence-corrected chi connectivity index (χ3v) is 8.89. The lowest BCUT2D eigenvalue weighted by molar-refractivity contribution is -0.122. The van der Waals surface area contributed by atoms with E-state index in [0.717, 1.165) is 42.6 Å². The van der Waals surface area contributed by atoms with Crippen LogP contribution in [0.3, 0.4) is 0 Å². The molecule has 200 valence electrons. The second-order valence-electron chi connectivity index (χ2n) is 11.3. The Morgan fingerprint density at radius 2 is 1.81 bits per heavy atom. The number of carbonyl (C=O) groups excluding carboxylic acids is 1. The Hall–Kier alpha value is -2.11. The van der Waals surface area contributed by atoms with E-state index in [1.54, 1.807) is 0 Å². The Balaban J connectivity index is 0.00000320. The lowest BCUT2D eigenvalue weighted by atomic mass is 9.86. The second kappa shape index (κ2) is 12.6. The Kier molecular flexibility index (Phi) is 9.52. The monoisotopic (exact) mass is 565 g/mol. The maximum Gasteiger partial charge on any atom is 0.221 e. The zero-order valence-electron chi connectivity index (χ0n) is 21.5. The number of benzene rings is 2. The number of hydrogen-bond acceptors (Lipinski definition) is 2. The first-order valence-electron chi connectivity index (χ1n) is 13.9. The minimum atomic E-state index is 0. The molecule has 2 aromatic carbocycles. The lowest BCUT2D eigenvalue weighted by Crippen LogP contribution is -2.40. The summed E-state index contributed by atoms with van der Waals surface area (Å²) in [6.45, 7) is 3.19. The predicted octanol–water partition coefficient (Wildman–Crippen LogP) is 7.84. The molecule has 2 aliphatic carbocycles. The molecular weight excluding hydrogens is 522 g/mol. The van der Waals surface area contributed by atoms with Gasteiger partial charge in [-0.15, -0.1) is 0 Å². The smallest absolute Gasteiger partial charge is 0.221 e. The molecule has 3 aromatic rings. The van der Waals surface area contributed by atoms with Crippen LogP contribution in [0.25, 0.3) is 10.9 Å². The molecule has 0 saturated heterocycles. The van der Waals surface area contributed by atoms with Crippen molar-refractivity contribution in [3.05, 3.63) is 69.8 Å². The van der Waals surface area contributed by atoms with Crippen LogP contribution in [0.5, 0.6) is 0 Å². The van der Waals surface area contributed by atoms with E-state index in [-0.39, 0.29) is 31.3 Å². The lowest BCUT2D eigenvalue weighted by Gasteiger charge is -2.27. The van der Waals surface area contributed by atoms with Crippen LogP contribution in [0.2, 0.25) is 0 Å². The van der Waals surface area contributed by atoms with Crippen molar-refractivity contribution in [2.24, 2.45) is 11.7 Å². The van der Waals surface area contributed by atoms with Crippen molar-refractivity contribution in [3.8, 4) is 0 Å². The van der Waals surface area contributed by atoms with Gasteiger partial charge in [-0.2, -0.15) is 0 Å². The summed E-state index contributed by atoms with van der Waals surface area (Å²) in [5, 5.41) is 4.61. The average molecular weight is 567 g/mol. The Morgan fingerprint density at radius 3 is 2.54 bits per heavy atom. The van der Waals surface area contributed by atoms with Gasteiger partial charge in [0.05, 0.1) is 0 Å². The summed E-state index contributed by atoms with van der Waals surface area (Å²) in [4.78, 5) is 13.4. The molecule has 2 saturated carbocycles. The third-order valence-electron chi connectivity index (χ3n) is 8.40. The van der Waals surface area contributed by atoms with Gasteiger partial charge in [0.1, 0.15) is 0 Å². The molecule has 0 bridgehead atoms. The highest BCUT2D eigenvalue weighted by molar-refractivity contribution is 9.10. The van der Waals surface area contributed by atoms with E-state index in [9.17, 15) is 4.79 Å².